The molecule has 2 aliphatic rings. The molecule has 0 saturated carbocycles. The number of hydrogen-bond donors (Lipinski definition) is 2. The largest absolute Gasteiger partial charge is 0.550 e. The number of nitrogens with one attached hydrogen (secondary N) is 1. The van der Waals surface area contributed by atoms with E-state index in [1.165, 1.54) is 6.42 Å². The fraction of sp³-hybridized carbons (Fsp3) is 0.875. The van der Waals surface area contributed by atoms with Crippen LogP contribution in [0.3, 0.4) is 0 Å². The molecule has 1 amide bonds. The van der Waals surface area contributed by atoms with Gasteiger partial charge in [0.05, 0.1) is 24.2 Å². The van der Waals surface area contributed by atoms with E-state index in [4.69, 9.17) is 4.74 Å². The van der Waals surface area contributed by atoms with Crippen molar-refractivity contribution in [1.29, 1.82) is 0 Å². The maximum absolute atomic E-state index is 12.0. The van der Waals surface area contributed by atoms with Crippen molar-refractivity contribution >= 4 is 11.9 Å². The normalized spacial score (nSPS) is 31.9. The smallest absolute Gasteiger partial charge is 0.226 e. The van der Waals surface area contributed by atoms with Gasteiger partial charge in [0, 0.05) is 17.9 Å². The first-order valence-corrected chi connectivity index (χ1v) is 8.31. The molecule has 6 unspecified atom stereocenters. The first kappa shape index (κ1) is 18.9. The monoisotopic (exact) mass is 314 g/mol. The Kier molecular flexibility index (Phi) is 7.29. The van der Waals surface area contributed by atoms with Gasteiger partial charge >= 0.3 is 0 Å². The van der Waals surface area contributed by atoms with Gasteiger partial charge in [0.1, 0.15) is 0 Å². The minimum Gasteiger partial charge on any atom is -0.550 e. The van der Waals surface area contributed by atoms with Gasteiger partial charge in [-0.2, -0.15) is 0 Å². The van der Waals surface area contributed by atoms with Gasteiger partial charge in [-0.25, -0.2) is 0 Å². The van der Waals surface area contributed by atoms with E-state index in [1.54, 1.807) is 0 Å². The number of rotatable bonds is 5. The van der Waals surface area contributed by atoms with Crippen LogP contribution in [0, 0.1) is 11.8 Å². The lowest BCUT2D eigenvalue weighted by atomic mass is 9.78. The second kappa shape index (κ2) is 8.48. The maximum atomic E-state index is 12.0. The number of fused-ring (bicyclic) bond motifs is 2. The zero-order valence-electron chi connectivity index (χ0n) is 14.1. The average Bonchev–Trinajstić information content (AvgIpc) is 3.07. The summed E-state index contributed by atoms with van der Waals surface area (Å²) < 4.78 is 5.51. The highest BCUT2D eigenvalue weighted by molar-refractivity contribution is 5.86. The van der Waals surface area contributed by atoms with Crippen LogP contribution in [0.4, 0.5) is 0 Å². The zero-order chi connectivity index (χ0) is 16.9. The number of hydrogen-bond acceptors (Lipinski definition) is 4. The highest BCUT2D eigenvalue weighted by Gasteiger charge is 2.52. The van der Waals surface area contributed by atoms with Crippen LogP contribution in [0.15, 0.2) is 0 Å². The summed E-state index contributed by atoms with van der Waals surface area (Å²) in [6.07, 6.45) is 2.93. The number of carbonyl (C=O) groups excluding carboxylic acids is 2. The second-order valence-corrected chi connectivity index (χ2v) is 6.49. The van der Waals surface area contributed by atoms with Gasteiger partial charge in [0.15, 0.2) is 0 Å². The van der Waals surface area contributed by atoms with Crippen LogP contribution in [-0.4, -0.2) is 36.2 Å². The predicted octanol–water partition coefficient (Wildman–Crippen LogP) is -0.529. The van der Waals surface area contributed by atoms with E-state index in [0.717, 1.165) is 19.3 Å². The summed E-state index contributed by atoms with van der Waals surface area (Å²) in [5.74, 6) is -2.73. The number of carbonyl (C=O) groups is 2. The van der Waals surface area contributed by atoms with Gasteiger partial charge < -0.3 is 25.7 Å². The Morgan fingerprint density at radius 3 is 2.09 bits per heavy atom. The van der Waals surface area contributed by atoms with Crippen molar-refractivity contribution in [3.63, 3.8) is 0 Å². The van der Waals surface area contributed by atoms with Crippen LogP contribution in [0.2, 0.25) is 0 Å². The summed E-state index contributed by atoms with van der Waals surface area (Å²) in [6, 6.07) is 0.694. The van der Waals surface area contributed by atoms with Crippen LogP contribution >= 0.6 is 0 Å². The van der Waals surface area contributed by atoms with E-state index in [2.05, 4.69) is 24.9 Å². The van der Waals surface area contributed by atoms with Crippen LogP contribution in [-0.2, 0) is 14.3 Å². The highest BCUT2D eigenvalue weighted by Crippen LogP contribution is 2.43. The topological polar surface area (TPSA) is 106 Å². The molecule has 2 aliphatic heterocycles. The first-order valence-electron chi connectivity index (χ1n) is 8.31. The lowest BCUT2D eigenvalue weighted by Crippen LogP contribution is -2.58. The summed E-state index contributed by atoms with van der Waals surface area (Å²) in [5, 5.41) is 13.9. The number of ether oxygens (including phenoxy) is 1. The van der Waals surface area contributed by atoms with E-state index < -0.39 is 17.8 Å². The molecule has 6 nitrogen and oxygen atoms in total. The number of amides is 1. The molecule has 6 heteroatoms. The molecule has 2 fully saturated rings. The molecule has 128 valence electrons. The Balaban J connectivity index is 0.000000422. The number of carboxylic acid groups (broad SMARTS) is 1. The Morgan fingerprint density at radius 2 is 1.68 bits per heavy atom. The molecule has 4 N–H and O–H groups in total. The van der Waals surface area contributed by atoms with Gasteiger partial charge in [-0.3, -0.25) is 4.79 Å². The van der Waals surface area contributed by atoms with Crippen molar-refractivity contribution in [2.75, 3.05) is 0 Å². The van der Waals surface area contributed by atoms with Crippen LogP contribution in [0.5, 0.6) is 0 Å². The van der Waals surface area contributed by atoms with E-state index in [1.807, 2.05) is 13.8 Å². The van der Waals surface area contributed by atoms with E-state index in [-0.39, 0.29) is 24.2 Å². The van der Waals surface area contributed by atoms with E-state index >= 15 is 0 Å². The lowest BCUT2D eigenvalue weighted by molar-refractivity contribution is -0.414. The van der Waals surface area contributed by atoms with Crippen LogP contribution in [0.1, 0.15) is 53.4 Å². The van der Waals surface area contributed by atoms with Crippen molar-refractivity contribution < 1.29 is 25.2 Å². The fourth-order valence-corrected chi connectivity index (χ4v) is 2.75. The summed E-state index contributed by atoms with van der Waals surface area (Å²) in [7, 11) is 0. The molecule has 2 heterocycles. The van der Waals surface area contributed by atoms with E-state index in [0.29, 0.717) is 6.04 Å². The molecule has 6 atom stereocenters. The molecule has 2 saturated heterocycles. The first-order chi connectivity index (χ1) is 10.3. The van der Waals surface area contributed by atoms with Crippen molar-refractivity contribution in [3.05, 3.63) is 0 Å². The van der Waals surface area contributed by atoms with Gasteiger partial charge in [0.2, 0.25) is 5.91 Å². The van der Waals surface area contributed by atoms with Crippen molar-refractivity contribution in [3.8, 4) is 0 Å². The van der Waals surface area contributed by atoms with Gasteiger partial charge in [-0.15, -0.1) is 0 Å². The molecule has 2 rings (SSSR count). The number of carboxylic acids is 1. The Hall–Kier alpha value is -1.14. The summed E-state index contributed by atoms with van der Waals surface area (Å²) in [5.41, 5.74) is 3.76. The predicted molar refractivity (Wildman–Crippen MR) is 80.4 cm³/mol. The number of quaternary nitrogens is 1. The Bertz CT molecular complexity index is 386. The van der Waals surface area contributed by atoms with Crippen LogP contribution < -0.4 is 16.2 Å². The van der Waals surface area contributed by atoms with Crippen molar-refractivity contribution in [2.24, 2.45) is 11.8 Å². The maximum Gasteiger partial charge on any atom is 0.226 e. The van der Waals surface area contributed by atoms with Gasteiger partial charge in [0.25, 0.3) is 0 Å². The quantitative estimate of drug-likeness (QED) is 0.711. The van der Waals surface area contributed by atoms with E-state index in [9.17, 15) is 14.7 Å². The van der Waals surface area contributed by atoms with Crippen molar-refractivity contribution in [2.45, 2.75) is 77.7 Å². The summed E-state index contributed by atoms with van der Waals surface area (Å²) >= 11 is 0. The Morgan fingerprint density at radius 1 is 1.18 bits per heavy atom. The lowest BCUT2D eigenvalue weighted by Gasteiger charge is -2.28. The average molecular weight is 314 g/mol. The standard InChI is InChI=1S/C12H19NO4.C4H11N/c1-3-6(2)13-11(14)9-7-4-5-8(17-7)10(9)12(15)16;1-3-4(2)5/h6-10H,3-5H2,1-2H3,(H,13,14)(H,15,16);4H,3,5H2,1-2H3. The van der Waals surface area contributed by atoms with Gasteiger partial charge in [-0.1, -0.05) is 13.8 Å². The third-order valence-electron chi connectivity index (χ3n) is 4.55. The zero-order valence-corrected chi connectivity index (χ0v) is 14.1. The molecule has 0 radical (unpaired) electrons. The third kappa shape index (κ3) is 4.68. The van der Waals surface area contributed by atoms with Crippen molar-refractivity contribution in [1.82, 2.24) is 5.32 Å². The Labute approximate surface area is 132 Å². The molecule has 0 aromatic heterocycles. The molecular weight excluding hydrogens is 284 g/mol. The summed E-state index contributed by atoms with van der Waals surface area (Å²) in [4.78, 5) is 23.1. The molecule has 0 aliphatic carbocycles. The van der Waals surface area contributed by atoms with Gasteiger partial charge in [-0.05, 0) is 39.5 Å². The summed E-state index contributed by atoms with van der Waals surface area (Å²) in [6.45, 7) is 8.12. The molecule has 22 heavy (non-hydrogen) atoms. The highest BCUT2D eigenvalue weighted by atomic mass is 16.5. The number of aliphatic carboxylic acids is 1. The third-order valence-corrected chi connectivity index (χ3v) is 4.55. The minimum atomic E-state index is -1.17. The molecule has 2 bridgehead atoms. The van der Waals surface area contributed by atoms with Crippen LogP contribution in [0.25, 0.3) is 0 Å². The molecule has 0 aromatic rings. The SMILES string of the molecule is CCC(C)NC(=O)C1C2CCC(O2)C1C(=O)[O-].CCC(C)[NH3+]. The minimum absolute atomic E-state index is 0.0593. The molecular formula is C16H30N2O4. The fourth-order valence-electron chi connectivity index (χ4n) is 2.75. The molecule has 0 aromatic carbocycles. The second-order valence-electron chi connectivity index (χ2n) is 6.49. The molecule has 0 spiro atoms.